The molecule has 1 fully saturated rings. The van der Waals surface area contributed by atoms with Gasteiger partial charge < -0.3 is 20.5 Å². The highest BCUT2D eigenvalue weighted by molar-refractivity contribution is 5.82. The summed E-state index contributed by atoms with van der Waals surface area (Å²) in [6, 6.07) is 16.4. The number of ether oxygens (including phenoxy) is 1. The van der Waals surface area contributed by atoms with E-state index in [1.54, 1.807) is 6.92 Å². The topological polar surface area (TPSA) is 105 Å². The van der Waals surface area contributed by atoms with Gasteiger partial charge in [-0.25, -0.2) is 4.79 Å². The third-order valence-corrected chi connectivity index (χ3v) is 6.26. The summed E-state index contributed by atoms with van der Waals surface area (Å²) in [4.78, 5) is 35.1. The van der Waals surface area contributed by atoms with Crippen molar-refractivity contribution in [3.05, 3.63) is 59.7 Å². The maximum Gasteiger partial charge on any atom is 0.407 e. The maximum atomic E-state index is 12.3. The molecular weight excluding hydrogens is 408 g/mol. The lowest BCUT2D eigenvalue weighted by molar-refractivity contribution is -0.138. The first-order chi connectivity index (χ1) is 15.4. The van der Waals surface area contributed by atoms with E-state index in [9.17, 15) is 14.4 Å². The number of hydrogen-bond donors (Lipinski definition) is 3. The Balaban J connectivity index is 1.21. The number of fused-ring (bicyclic) bond motifs is 3. The second kappa shape index (κ2) is 9.42. The normalized spacial score (nSPS) is 19.4. The van der Waals surface area contributed by atoms with Crippen molar-refractivity contribution in [1.29, 1.82) is 0 Å². The molecule has 0 spiro atoms. The summed E-state index contributed by atoms with van der Waals surface area (Å²) in [7, 11) is 0. The summed E-state index contributed by atoms with van der Waals surface area (Å²) < 4.78 is 5.52. The predicted octanol–water partition coefficient (Wildman–Crippen LogP) is 3.39. The highest BCUT2D eigenvalue weighted by Gasteiger charge is 2.43. The monoisotopic (exact) mass is 436 g/mol. The van der Waals surface area contributed by atoms with Gasteiger partial charge in [0.2, 0.25) is 5.91 Å². The second-order valence-corrected chi connectivity index (χ2v) is 8.76. The van der Waals surface area contributed by atoms with Gasteiger partial charge in [-0.2, -0.15) is 0 Å². The molecule has 2 aliphatic rings. The molecule has 7 heteroatoms. The van der Waals surface area contributed by atoms with E-state index in [1.807, 2.05) is 24.3 Å². The Morgan fingerprint density at radius 1 is 1.03 bits per heavy atom. The van der Waals surface area contributed by atoms with Crippen LogP contribution in [0.5, 0.6) is 0 Å². The van der Waals surface area contributed by atoms with Gasteiger partial charge in [-0.1, -0.05) is 55.5 Å². The van der Waals surface area contributed by atoms with Crippen LogP contribution in [-0.4, -0.2) is 42.8 Å². The minimum absolute atomic E-state index is 0.0143. The number of carboxylic acid groups (broad SMARTS) is 1. The summed E-state index contributed by atoms with van der Waals surface area (Å²) >= 11 is 0. The van der Waals surface area contributed by atoms with Gasteiger partial charge in [-0.15, -0.1) is 0 Å². The zero-order valence-electron chi connectivity index (χ0n) is 18.0. The summed E-state index contributed by atoms with van der Waals surface area (Å²) in [6.07, 6.45) is 0.258. The first kappa shape index (κ1) is 21.9. The lowest BCUT2D eigenvalue weighted by Crippen LogP contribution is -2.32. The van der Waals surface area contributed by atoms with E-state index < -0.39 is 12.1 Å². The van der Waals surface area contributed by atoms with Gasteiger partial charge in [0, 0.05) is 31.3 Å². The van der Waals surface area contributed by atoms with Crippen molar-refractivity contribution in [2.45, 2.75) is 25.7 Å². The fraction of sp³-hybridized carbons (Fsp3) is 0.400. The number of carbonyl (C=O) groups excluding carboxylic acids is 2. The summed E-state index contributed by atoms with van der Waals surface area (Å²) in [6.45, 7) is 2.78. The largest absolute Gasteiger partial charge is 0.481 e. The Morgan fingerprint density at radius 2 is 1.66 bits per heavy atom. The van der Waals surface area contributed by atoms with Crippen molar-refractivity contribution < 1.29 is 24.2 Å². The van der Waals surface area contributed by atoms with E-state index in [2.05, 4.69) is 34.9 Å². The lowest BCUT2D eigenvalue weighted by atomic mass is 9.98. The van der Waals surface area contributed by atoms with Crippen LogP contribution in [-0.2, 0) is 14.3 Å². The summed E-state index contributed by atoms with van der Waals surface area (Å²) in [5, 5.41) is 14.4. The van der Waals surface area contributed by atoms with Crippen LogP contribution in [0.2, 0.25) is 0 Å². The molecule has 32 heavy (non-hydrogen) atoms. The highest BCUT2D eigenvalue weighted by atomic mass is 16.5. The Morgan fingerprint density at radius 3 is 2.28 bits per heavy atom. The molecule has 0 heterocycles. The molecular formula is C25H28N2O5. The number of hydrogen-bond acceptors (Lipinski definition) is 4. The summed E-state index contributed by atoms with van der Waals surface area (Å²) in [5.74, 6) is -1.11. The van der Waals surface area contributed by atoms with Crippen LogP contribution in [0.1, 0.15) is 36.8 Å². The molecule has 4 rings (SSSR count). The third kappa shape index (κ3) is 4.93. The van der Waals surface area contributed by atoms with Gasteiger partial charge >= 0.3 is 12.1 Å². The zero-order valence-corrected chi connectivity index (χ0v) is 18.0. The van der Waals surface area contributed by atoms with Crippen molar-refractivity contribution in [3.63, 3.8) is 0 Å². The van der Waals surface area contributed by atoms with Crippen LogP contribution in [0.15, 0.2) is 48.5 Å². The minimum atomic E-state index is -0.872. The van der Waals surface area contributed by atoms with Crippen LogP contribution >= 0.6 is 0 Å². The van der Waals surface area contributed by atoms with E-state index in [4.69, 9.17) is 9.84 Å². The van der Waals surface area contributed by atoms with Gasteiger partial charge in [0.15, 0.2) is 0 Å². The van der Waals surface area contributed by atoms with E-state index >= 15 is 0 Å². The Hall–Kier alpha value is -3.35. The quantitative estimate of drug-likeness (QED) is 0.559. The van der Waals surface area contributed by atoms with Crippen LogP contribution in [0.4, 0.5) is 4.79 Å². The average Bonchev–Trinajstić information content (AvgIpc) is 3.49. The molecule has 2 aromatic rings. The van der Waals surface area contributed by atoms with Crippen LogP contribution in [0, 0.1) is 17.8 Å². The molecule has 0 aliphatic heterocycles. The number of amides is 2. The molecule has 168 valence electrons. The molecule has 0 saturated heterocycles. The SMILES string of the molecule is CC(CNC(=O)C1CC1CNC(=O)OCC1c2ccccc2-c2ccccc21)CC(=O)O. The molecule has 0 radical (unpaired) electrons. The molecule has 2 amide bonds. The number of carbonyl (C=O) groups is 3. The maximum absolute atomic E-state index is 12.3. The first-order valence-corrected chi connectivity index (χ1v) is 11.0. The zero-order chi connectivity index (χ0) is 22.7. The standard InChI is InChI=1S/C25H28N2O5/c1-15(10-23(28)29)12-26-24(30)21-11-16(21)13-27-25(31)32-14-22-19-8-4-2-6-17(19)18-7-3-5-9-20(18)22/h2-9,15-16,21-22H,10-14H2,1H3,(H,26,30)(H,27,31)(H,28,29). The number of aliphatic carboxylic acids is 1. The molecule has 3 unspecified atom stereocenters. The van der Waals surface area contributed by atoms with Crippen LogP contribution in [0.25, 0.3) is 11.1 Å². The number of carboxylic acids is 1. The number of nitrogens with one attached hydrogen (secondary N) is 2. The van der Waals surface area contributed by atoms with E-state index in [1.165, 1.54) is 11.1 Å². The third-order valence-electron chi connectivity index (χ3n) is 6.26. The first-order valence-electron chi connectivity index (χ1n) is 11.0. The molecule has 0 bridgehead atoms. The van der Waals surface area contributed by atoms with Crippen molar-refractivity contribution in [3.8, 4) is 11.1 Å². The average molecular weight is 437 g/mol. The predicted molar refractivity (Wildman–Crippen MR) is 119 cm³/mol. The van der Waals surface area contributed by atoms with Crippen LogP contribution in [0.3, 0.4) is 0 Å². The Kier molecular flexibility index (Phi) is 6.44. The minimum Gasteiger partial charge on any atom is -0.481 e. The molecule has 2 aromatic carbocycles. The van der Waals surface area contributed by atoms with Gasteiger partial charge in [0.1, 0.15) is 6.61 Å². The van der Waals surface area contributed by atoms with E-state index in [-0.39, 0.29) is 42.6 Å². The van der Waals surface area contributed by atoms with Crippen molar-refractivity contribution in [2.75, 3.05) is 19.7 Å². The fourth-order valence-electron chi connectivity index (χ4n) is 4.43. The van der Waals surface area contributed by atoms with Crippen LogP contribution < -0.4 is 10.6 Å². The van der Waals surface area contributed by atoms with Gasteiger partial charge in [-0.3, -0.25) is 9.59 Å². The Bertz CT molecular complexity index is 975. The number of benzene rings is 2. The van der Waals surface area contributed by atoms with Crippen molar-refractivity contribution in [1.82, 2.24) is 10.6 Å². The van der Waals surface area contributed by atoms with E-state index in [0.717, 1.165) is 11.1 Å². The lowest BCUT2D eigenvalue weighted by Gasteiger charge is -2.14. The molecule has 2 aliphatic carbocycles. The molecule has 7 nitrogen and oxygen atoms in total. The fourth-order valence-corrected chi connectivity index (χ4v) is 4.43. The van der Waals surface area contributed by atoms with Crippen molar-refractivity contribution >= 4 is 18.0 Å². The molecule has 3 N–H and O–H groups in total. The van der Waals surface area contributed by atoms with Gasteiger partial charge in [-0.05, 0) is 40.5 Å². The van der Waals surface area contributed by atoms with E-state index in [0.29, 0.717) is 19.5 Å². The number of alkyl carbamates (subject to hydrolysis) is 1. The highest BCUT2D eigenvalue weighted by Crippen LogP contribution is 2.44. The Labute approximate surface area is 187 Å². The number of rotatable bonds is 9. The molecule has 0 aromatic heterocycles. The van der Waals surface area contributed by atoms with Gasteiger partial charge in [0.25, 0.3) is 0 Å². The second-order valence-electron chi connectivity index (χ2n) is 8.76. The smallest absolute Gasteiger partial charge is 0.407 e. The van der Waals surface area contributed by atoms with Crippen molar-refractivity contribution in [2.24, 2.45) is 17.8 Å². The summed E-state index contributed by atoms with van der Waals surface area (Å²) in [5.41, 5.74) is 4.69. The molecule has 1 saturated carbocycles. The molecule has 3 atom stereocenters. The van der Waals surface area contributed by atoms with Gasteiger partial charge in [0.05, 0.1) is 0 Å².